The maximum atomic E-state index is 6.22. The second-order valence-electron chi connectivity index (χ2n) is 5.72. The van der Waals surface area contributed by atoms with Crippen molar-refractivity contribution in [2.24, 2.45) is 5.92 Å². The Balaban J connectivity index is 2.23. The summed E-state index contributed by atoms with van der Waals surface area (Å²) in [6.07, 6.45) is 7.05. The second-order valence-corrected chi connectivity index (χ2v) is 5.72. The molecule has 0 saturated carbocycles. The highest BCUT2D eigenvalue weighted by atomic mass is 16.7. The zero-order chi connectivity index (χ0) is 15.1. The van der Waals surface area contributed by atoms with Crippen molar-refractivity contribution >= 4 is 0 Å². The van der Waals surface area contributed by atoms with Crippen molar-refractivity contribution in [3.63, 3.8) is 0 Å². The Bertz CT molecular complexity index is 446. The molecule has 0 saturated heterocycles. The fraction of sp³-hybridized carbons (Fsp3) is 0.556. The maximum absolute atomic E-state index is 6.22. The van der Waals surface area contributed by atoms with E-state index in [4.69, 9.17) is 9.47 Å². The predicted octanol–water partition coefficient (Wildman–Crippen LogP) is 4.46. The smallest absolute Gasteiger partial charge is 0.322 e. The van der Waals surface area contributed by atoms with Gasteiger partial charge in [-0.1, -0.05) is 63.9 Å². The number of nitrogens with zero attached hydrogens (tertiary/aromatic N) is 1. The molecule has 0 spiro atoms. The van der Waals surface area contributed by atoms with E-state index >= 15 is 0 Å². The maximum Gasteiger partial charge on any atom is 0.322 e. The van der Waals surface area contributed by atoms with Crippen molar-refractivity contribution in [3.8, 4) is 0 Å². The van der Waals surface area contributed by atoms with Crippen LogP contribution in [0.3, 0.4) is 0 Å². The highest BCUT2D eigenvalue weighted by Gasteiger charge is 2.43. The van der Waals surface area contributed by atoms with Gasteiger partial charge in [0.2, 0.25) is 0 Å². The first-order chi connectivity index (χ1) is 10.2. The molecule has 1 aromatic rings. The van der Waals surface area contributed by atoms with E-state index in [0.717, 1.165) is 31.4 Å². The first kappa shape index (κ1) is 15.9. The average molecular weight is 289 g/mol. The molecule has 1 aromatic carbocycles. The third kappa shape index (κ3) is 3.59. The Kier molecular flexibility index (Phi) is 5.68. The summed E-state index contributed by atoms with van der Waals surface area (Å²) in [6.45, 7) is 8.27. The Hall–Kier alpha value is -1.48. The van der Waals surface area contributed by atoms with Gasteiger partial charge in [0, 0.05) is 18.3 Å². The van der Waals surface area contributed by atoms with Crippen LogP contribution in [0.1, 0.15) is 45.6 Å². The van der Waals surface area contributed by atoms with Crippen LogP contribution in [0, 0.1) is 5.92 Å². The lowest BCUT2D eigenvalue weighted by molar-refractivity contribution is -0.279. The molecule has 0 radical (unpaired) electrons. The van der Waals surface area contributed by atoms with Gasteiger partial charge in [-0.3, -0.25) is 0 Å². The summed E-state index contributed by atoms with van der Waals surface area (Å²) in [4.78, 5) is 2.19. The summed E-state index contributed by atoms with van der Waals surface area (Å²) in [6, 6.07) is 10.2. The van der Waals surface area contributed by atoms with Crippen LogP contribution in [-0.2, 0) is 15.4 Å². The van der Waals surface area contributed by atoms with E-state index in [1.165, 1.54) is 0 Å². The van der Waals surface area contributed by atoms with Gasteiger partial charge in [-0.15, -0.1) is 0 Å². The van der Waals surface area contributed by atoms with Crippen molar-refractivity contribution < 1.29 is 9.47 Å². The summed E-state index contributed by atoms with van der Waals surface area (Å²) < 4.78 is 12.2. The number of hydrogen-bond acceptors (Lipinski definition) is 3. The van der Waals surface area contributed by atoms with Gasteiger partial charge in [0.1, 0.15) is 6.26 Å². The summed E-state index contributed by atoms with van der Waals surface area (Å²) in [5.41, 5.74) is 1.05. The monoisotopic (exact) mass is 289 g/mol. The molecular weight excluding hydrogens is 262 g/mol. The fourth-order valence-electron chi connectivity index (χ4n) is 2.45. The zero-order valence-electron chi connectivity index (χ0n) is 13.4. The molecule has 116 valence electrons. The van der Waals surface area contributed by atoms with Gasteiger partial charge in [0.15, 0.2) is 0 Å². The van der Waals surface area contributed by atoms with Gasteiger partial charge < -0.3 is 14.4 Å². The highest BCUT2D eigenvalue weighted by Crippen LogP contribution is 2.37. The van der Waals surface area contributed by atoms with Gasteiger partial charge in [-0.25, -0.2) is 0 Å². The van der Waals surface area contributed by atoms with Gasteiger partial charge in [-0.05, 0) is 12.3 Å². The average Bonchev–Trinajstić information content (AvgIpc) is 2.92. The van der Waals surface area contributed by atoms with Crippen LogP contribution in [0.25, 0.3) is 0 Å². The van der Waals surface area contributed by atoms with Gasteiger partial charge in [0.05, 0.1) is 6.61 Å². The fourth-order valence-corrected chi connectivity index (χ4v) is 2.45. The lowest BCUT2D eigenvalue weighted by Crippen LogP contribution is -2.45. The van der Waals surface area contributed by atoms with Gasteiger partial charge >= 0.3 is 5.91 Å². The van der Waals surface area contributed by atoms with Crippen LogP contribution in [-0.4, -0.2) is 18.1 Å². The topological polar surface area (TPSA) is 21.7 Å². The number of rotatable bonds is 8. The second kappa shape index (κ2) is 7.51. The molecule has 3 heteroatoms. The predicted molar refractivity (Wildman–Crippen MR) is 85.4 cm³/mol. The van der Waals surface area contributed by atoms with Crippen LogP contribution in [0.4, 0.5) is 0 Å². The molecule has 0 amide bonds. The molecule has 2 unspecified atom stereocenters. The summed E-state index contributed by atoms with van der Waals surface area (Å²) in [7, 11) is 0. The van der Waals surface area contributed by atoms with Crippen LogP contribution >= 0.6 is 0 Å². The van der Waals surface area contributed by atoms with Crippen LogP contribution in [0.5, 0.6) is 0 Å². The van der Waals surface area contributed by atoms with Crippen molar-refractivity contribution in [2.45, 2.75) is 45.9 Å². The highest BCUT2D eigenvalue weighted by molar-refractivity contribution is 5.22. The number of benzene rings is 1. The van der Waals surface area contributed by atoms with Crippen molar-refractivity contribution in [3.05, 3.63) is 48.4 Å². The molecule has 21 heavy (non-hydrogen) atoms. The molecule has 1 aliphatic heterocycles. The van der Waals surface area contributed by atoms with Crippen LogP contribution in [0.15, 0.2) is 42.8 Å². The molecular formula is C18H27NO2. The van der Waals surface area contributed by atoms with Crippen molar-refractivity contribution in [2.75, 3.05) is 13.2 Å². The lowest BCUT2D eigenvalue weighted by atomic mass is 10.1. The molecule has 2 atom stereocenters. The molecule has 0 N–H and O–H groups in total. The molecule has 0 aliphatic carbocycles. The minimum absolute atomic E-state index is 0.592. The van der Waals surface area contributed by atoms with Crippen LogP contribution in [0.2, 0.25) is 0 Å². The van der Waals surface area contributed by atoms with Gasteiger partial charge in [0.25, 0.3) is 0 Å². The van der Waals surface area contributed by atoms with Crippen LogP contribution < -0.4 is 0 Å². The molecule has 3 nitrogen and oxygen atoms in total. The van der Waals surface area contributed by atoms with E-state index in [1.54, 1.807) is 6.26 Å². The zero-order valence-corrected chi connectivity index (χ0v) is 13.4. The molecule has 0 fully saturated rings. The Morgan fingerprint density at radius 2 is 2.00 bits per heavy atom. The summed E-state index contributed by atoms with van der Waals surface area (Å²) >= 11 is 0. The summed E-state index contributed by atoms with van der Waals surface area (Å²) in [5, 5.41) is 0. The van der Waals surface area contributed by atoms with Gasteiger partial charge in [-0.2, -0.15) is 0 Å². The molecule has 0 aromatic heterocycles. The van der Waals surface area contributed by atoms with E-state index < -0.39 is 5.91 Å². The minimum Gasteiger partial charge on any atom is -0.447 e. The molecule has 2 rings (SSSR count). The Morgan fingerprint density at radius 1 is 1.24 bits per heavy atom. The summed E-state index contributed by atoms with van der Waals surface area (Å²) in [5.74, 6) is -0.200. The minimum atomic E-state index is -0.792. The number of hydrogen-bond donors (Lipinski definition) is 0. The quantitative estimate of drug-likeness (QED) is 0.659. The lowest BCUT2D eigenvalue weighted by Gasteiger charge is -2.38. The van der Waals surface area contributed by atoms with E-state index in [0.29, 0.717) is 12.5 Å². The third-order valence-electron chi connectivity index (χ3n) is 3.99. The standard InChI is InChI=1S/C18H27NO2/c1-4-6-13-20-18(17-10-8-7-9-11-17)19(12-14-21-18)15-16(3)5-2/h7-12,14,16H,4-6,13,15H2,1-3H3. The van der Waals surface area contributed by atoms with E-state index in [9.17, 15) is 0 Å². The molecule has 1 aliphatic rings. The molecule has 0 bridgehead atoms. The third-order valence-corrected chi connectivity index (χ3v) is 3.99. The van der Waals surface area contributed by atoms with Crippen molar-refractivity contribution in [1.29, 1.82) is 0 Å². The number of ether oxygens (including phenoxy) is 2. The van der Waals surface area contributed by atoms with E-state index in [-0.39, 0.29) is 0 Å². The molecule has 1 heterocycles. The van der Waals surface area contributed by atoms with Crippen molar-refractivity contribution in [1.82, 2.24) is 4.90 Å². The first-order valence-corrected chi connectivity index (χ1v) is 8.03. The normalized spacial score (nSPS) is 22.3. The first-order valence-electron chi connectivity index (χ1n) is 8.03. The Labute approximate surface area is 128 Å². The SMILES string of the molecule is CCCCOC1(c2ccccc2)OC=CN1CC(C)CC. The van der Waals surface area contributed by atoms with E-state index in [2.05, 4.69) is 37.8 Å². The Morgan fingerprint density at radius 3 is 2.67 bits per heavy atom. The largest absolute Gasteiger partial charge is 0.447 e. The number of unbranched alkanes of at least 4 members (excludes halogenated alkanes) is 1. The van der Waals surface area contributed by atoms with E-state index in [1.807, 2.05) is 24.4 Å².